The fourth-order valence-electron chi connectivity index (χ4n) is 2.40. The molecule has 0 aliphatic rings. The molecule has 0 aromatic heterocycles. The molecule has 1 aromatic rings. The van der Waals surface area contributed by atoms with Crippen LogP contribution in [0.1, 0.15) is 18.4 Å². The van der Waals surface area contributed by atoms with Crippen molar-refractivity contribution in [3.05, 3.63) is 29.8 Å². The van der Waals surface area contributed by atoms with Gasteiger partial charge in [0.05, 0.1) is 0 Å². The van der Waals surface area contributed by atoms with E-state index in [2.05, 4.69) is 79.4 Å². The number of nitrogens with zero attached hydrogens (tertiary/aromatic N) is 3. The summed E-state index contributed by atoms with van der Waals surface area (Å²) in [7, 11) is 8.44. The first-order valence-electron chi connectivity index (χ1n) is 8.30. The Morgan fingerprint density at radius 3 is 2.00 bits per heavy atom. The quantitative estimate of drug-likeness (QED) is 0.698. The second kappa shape index (κ2) is 10.6. The van der Waals surface area contributed by atoms with Crippen LogP contribution in [0.25, 0.3) is 0 Å². The molecule has 0 aliphatic heterocycles. The third-order valence-electron chi connectivity index (χ3n) is 3.62. The Hall–Kier alpha value is -1.17. The SMILES string of the molecule is Cc1cccc(NC(=S)N(CCCN(C)C)CCCN(C)C)c1. The van der Waals surface area contributed by atoms with Crippen molar-refractivity contribution in [2.45, 2.75) is 19.8 Å². The Morgan fingerprint density at radius 1 is 0.957 bits per heavy atom. The molecule has 0 atom stereocenters. The highest BCUT2D eigenvalue weighted by Crippen LogP contribution is 2.11. The van der Waals surface area contributed by atoms with Crippen molar-refractivity contribution in [3.63, 3.8) is 0 Å². The van der Waals surface area contributed by atoms with Crippen LogP contribution >= 0.6 is 12.2 Å². The molecule has 1 rings (SSSR count). The Labute approximate surface area is 147 Å². The van der Waals surface area contributed by atoms with Crippen LogP contribution in [0.5, 0.6) is 0 Å². The number of aryl methyl sites for hydroxylation is 1. The van der Waals surface area contributed by atoms with Crippen molar-refractivity contribution in [2.24, 2.45) is 0 Å². The molecular weight excluding hydrogens is 304 g/mol. The number of thiocarbonyl (C=S) groups is 1. The van der Waals surface area contributed by atoms with Gasteiger partial charge in [0.2, 0.25) is 0 Å². The molecule has 0 unspecified atom stereocenters. The normalized spacial score (nSPS) is 11.1. The molecule has 4 nitrogen and oxygen atoms in total. The predicted molar refractivity (Wildman–Crippen MR) is 105 cm³/mol. The van der Waals surface area contributed by atoms with Crippen LogP contribution in [-0.4, -0.2) is 74.2 Å². The van der Waals surface area contributed by atoms with Gasteiger partial charge in [0.15, 0.2) is 5.11 Å². The van der Waals surface area contributed by atoms with Gasteiger partial charge in [-0.05, 0) is 91.0 Å². The zero-order valence-corrected chi connectivity index (χ0v) is 16.1. The number of nitrogens with one attached hydrogen (secondary N) is 1. The van der Waals surface area contributed by atoms with E-state index in [-0.39, 0.29) is 0 Å². The molecule has 5 heteroatoms. The average Bonchev–Trinajstić information content (AvgIpc) is 2.45. The Kier molecular flexibility index (Phi) is 9.14. The van der Waals surface area contributed by atoms with Gasteiger partial charge >= 0.3 is 0 Å². The first-order chi connectivity index (χ1) is 10.9. The summed E-state index contributed by atoms with van der Waals surface area (Å²) in [5.41, 5.74) is 2.31. The summed E-state index contributed by atoms with van der Waals surface area (Å²) in [6, 6.07) is 8.35. The van der Waals surface area contributed by atoms with Crippen LogP contribution in [0.15, 0.2) is 24.3 Å². The highest BCUT2D eigenvalue weighted by atomic mass is 32.1. The lowest BCUT2D eigenvalue weighted by Crippen LogP contribution is -2.38. The summed E-state index contributed by atoms with van der Waals surface area (Å²) >= 11 is 5.65. The van der Waals surface area contributed by atoms with Gasteiger partial charge in [-0.1, -0.05) is 12.1 Å². The minimum Gasteiger partial charge on any atom is -0.349 e. The topological polar surface area (TPSA) is 21.8 Å². The summed E-state index contributed by atoms with van der Waals surface area (Å²) in [4.78, 5) is 6.73. The molecule has 0 heterocycles. The summed E-state index contributed by atoms with van der Waals surface area (Å²) in [5, 5.41) is 4.22. The van der Waals surface area contributed by atoms with Crippen molar-refractivity contribution < 1.29 is 0 Å². The first-order valence-corrected chi connectivity index (χ1v) is 8.71. The molecule has 1 N–H and O–H groups in total. The zero-order chi connectivity index (χ0) is 17.2. The van der Waals surface area contributed by atoms with Crippen molar-refractivity contribution in [3.8, 4) is 0 Å². The van der Waals surface area contributed by atoms with Crippen LogP contribution in [0.4, 0.5) is 5.69 Å². The van der Waals surface area contributed by atoms with Crippen molar-refractivity contribution >= 4 is 23.0 Å². The average molecular weight is 337 g/mol. The van der Waals surface area contributed by atoms with Gasteiger partial charge in [0.1, 0.15) is 0 Å². The molecule has 0 fully saturated rings. The Bertz CT molecular complexity index is 460. The summed E-state index contributed by atoms with van der Waals surface area (Å²) < 4.78 is 0. The molecule has 0 spiro atoms. The smallest absolute Gasteiger partial charge is 0.173 e. The standard InChI is InChI=1S/C18H32N4S/c1-16-9-6-10-17(15-16)19-18(23)22(13-7-11-20(2)3)14-8-12-21(4)5/h6,9-10,15H,7-8,11-14H2,1-5H3,(H,19,23). The van der Waals surface area contributed by atoms with E-state index in [9.17, 15) is 0 Å². The first kappa shape index (κ1) is 19.9. The van der Waals surface area contributed by atoms with Gasteiger partial charge in [-0.3, -0.25) is 0 Å². The molecular formula is C18H32N4S. The molecule has 0 amide bonds. The van der Waals surface area contributed by atoms with Crippen molar-refractivity contribution in [1.29, 1.82) is 0 Å². The summed E-state index contributed by atoms with van der Waals surface area (Å²) in [5.74, 6) is 0. The van der Waals surface area contributed by atoms with E-state index < -0.39 is 0 Å². The summed E-state index contributed by atoms with van der Waals surface area (Å²) in [6.45, 7) is 6.24. The highest BCUT2D eigenvalue weighted by Gasteiger charge is 2.10. The lowest BCUT2D eigenvalue weighted by atomic mass is 10.2. The van der Waals surface area contributed by atoms with Crippen LogP contribution < -0.4 is 5.32 Å². The molecule has 0 saturated carbocycles. The van der Waals surface area contributed by atoms with E-state index >= 15 is 0 Å². The molecule has 0 aliphatic carbocycles. The van der Waals surface area contributed by atoms with E-state index in [1.165, 1.54) is 5.56 Å². The Morgan fingerprint density at radius 2 is 1.52 bits per heavy atom. The number of anilines is 1. The minimum absolute atomic E-state index is 0.827. The lowest BCUT2D eigenvalue weighted by Gasteiger charge is -2.27. The maximum atomic E-state index is 5.65. The molecule has 0 saturated heterocycles. The van der Waals surface area contributed by atoms with Crippen LogP contribution in [0, 0.1) is 6.92 Å². The zero-order valence-electron chi connectivity index (χ0n) is 15.3. The molecule has 0 radical (unpaired) electrons. The monoisotopic (exact) mass is 336 g/mol. The van der Waals surface area contributed by atoms with Gasteiger partial charge in [-0.2, -0.15) is 0 Å². The number of rotatable bonds is 9. The van der Waals surface area contributed by atoms with Crippen LogP contribution in [0.3, 0.4) is 0 Å². The lowest BCUT2D eigenvalue weighted by molar-refractivity contribution is 0.325. The third-order valence-corrected chi connectivity index (χ3v) is 3.98. The summed E-state index contributed by atoms with van der Waals surface area (Å²) in [6.07, 6.45) is 2.23. The highest BCUT2D eigenvalue weighted by molar-refractivity contribution is 7.80. The van der Waals surface area contributed by atoms with E-state index in [1.807, 2.05) is 0 Å². The van der Waals surface area contributed by atoms with E-state index in [0.29, 0.717) is 0 Å². The van der Waals surface area contributed by atoms with Gasteiger partial charge in [-0.25, -0.2) is 0 Å². The second-order valence-electron chi connectivity index (χ2n) is 6.60. The number of hydrogen-bond donors (Lipinski definition) is 1. The molecule has 23 heavy (non-hydrogen) atoms. The second-order valence-corrected chi connectivity index (χ2v) is 6.99. The van der Waals surface area contributed by atoms with Gasteiger partial charge in [-0.15, -0.1) is 0 Å². The van der Waals surface area contributed by atoms with Crippen molar-refractivity contribution in [2.75, 3.05) is 59.7 Å². The number of benzene rings is 1. The molecule has 130 valence electrons. The van der Waals surface area contributed by atoms with Crippen LogP contribution in [0.2, 0.25) is 0 Å². The number of hydrogen-bond acceptors (Lipinski definition) is 3. The maximum Gasteiger partial charge on any atom is 0.173 e. The third kappa shape index (κ3) is 8.89. The largest absolute Gasteiger partial charge is 0.349 e. The van der Waals surface area contributed by atoms with Gasteiger partial charge in [0.25, 0.3) is 0 Å². The fourth-order valence-corrected chi connectivity index (χ4v) is 2.70. The fraction of sp³-hybridized carbons (Fsp3) is 0.611. The van der Waals surface area contributed by atoms with Gasteiger partial charge < -0.3 is 20.0 Å². The van der Waals surface area contributed by atoms with E-state index in [1.54, 1.807) is 0 Å². The predicted octanol–water partition coefficient (Wildman–Crippen LogP) is 2.90. The van der Waals surface area contributed by atoms with Gasteiger partial charge in [0, 0.05) is 18.8 Å². The van der Waals surface area contributed by atoms with E-state index in [0.717, 1.165) is 49.8 Å². The van der Waals surface area contributed by atoms with Crippen LogP contribution in [-0.2, 0) is 0 Å². The Balaban J connectivity index is 2.58. The molecule has 0 bridgehead atoms. The minimum atomic E-state index is 0.827. The maximum absolute atomic E-state index is 5.65. The van der Waals surface area contributed by atoms with E-state index in [4.69, 9.17) is 12.2 Å². The van der Waals surface area contributed by atoms with Crippen molar-refractivity contribution in [1.82, 2.24) is 14.7 Å². The molecule has 1 aromatic carbocycles.